The number of nitrogens with zero attached hydrogens (tertiary/aromatic N) is 3. The summed E-state index contributed by atoms with van der Waals surface area (Å²) in [6, 6.07) is 1.68. The molecule has 0 aliphatic heterocycles. The van der Waals surface area contributed by atoms with Gasteiger partial charge < -0.3 is 10.2 Å². The molecule has 0 aliphatic rings. The molecule has 0 spiro atoms. The second-order valence-corrected chi connectivity index (χ2v) is 4.64. The molecule has 1 N–H and O–H groups in total. The highest BCUT2D eigenvalue weighted by atomic mass is 16.6. The highest BCUT2D eigenvalue weighted by Crippen LogP contribution is 2.20. The molecule has 0 radical (unpaired) electrons. The van der Waals surface area contributed by atoms with E-state index in [2.05, 4.69) is 29.0 Å². The Hall–Kier alpha value is -1.69. The highest BCUT2D eigenvalue weighted by molar-refractivity contribution is 5.49. The first-order valence-corrected chi connectivity index (χ1v) is 6.57. The number of nitro groups is 1. The smallest absolute Gasteiger partial charge is 0.277 e. The number of hydrogen-bond acceptors (Lipinski definition) is 5. The summed E-state index contributed by atoms with van der Waals surface area (Å²) >= 11 is 0. The molecule has 0 aliphatic carbocycles. The summed E-state index contributed by atoms with van der Waals surface area (Å²) in [5, 5.41) is 14.1. The average molecular weight is 266 g/mol. The van der Waals surface area contributed by atoms with Gasteiger partial charge in [0.1, 0.15) is 5.82 Å². The lowest BCUT2D eigenvalue weighted by atomic mass is 10.2. The van der Waals surface area contributed by atoms with E-state index in [-0.39, 0.29) is 16.7 Å². The zero-order valence-electron chi connectivity index (χ0n) is 12.0. The summed E-state index contributed by atoms with van der Waals surface area (Å²) in [6.45, 7) is 10.8. The fourth-order valence-corrected chi connectivity index (χ4v) is 1.96. The monoisotopic (exact) mass is 266 g/mol. The minimum absolute atomic E-state index is 0.104. The van der Waals surface area contributed by atoms with Gasteiger partial charge in [0.25, 0.3) is 5.69 Å². The van der Waals surface area contributed by atoms with Crippen molar-refractivity contribution >= 4 is 11.5 Å². The normalized spacial score (nSPS) is 12.5. The van der Waals surface area contributed by atoms with Gasteiger partial charge in [-0.2, -0.15) is 0 Å². The van der Waals surface area contributed by atoms with E-state index in [1.54, 1.807) is 6.92 Å². The van der Waals surface area contributed by atoms with Gasteiger partial charge >= 0.3 is 0 Å². The van der Waals surface area contributed by atoms with Crippen molar-refractivity contribution in [3.05, 3.63) is 27.9 Å². The van der Waals surface area contributed by atoms with Crippen molar-refractivity contribution in [1.82, 2.24) is 9.88 Å². The minimum Gasteiger partial charge on any atom is -0.366 e. The van der Waals surface area contributed by atoms with E-state index in [9.17, 15) is 10.1 Å². The molecular formula is C13H22N4O2. The van der Waals surface area contributed by atoms with Gasteiger partial charge in [0.15, 0.2) is 0 Å². The van der Waals surface area contributed by atoms with Crippen LogP contribution in [0.25, 0.3) is 0 Å². The third-order valence-corrected chi connectivity index (χ3v) is 3.09. The van der Waals surface area contributed by atoms with Crippen LogP contribution >= 0.6 is 0 Å². The topological polar surface area (TPSA) is 71.3 Å². The SMILES string of the molecule is CCN(CC)CC(C)Nc1cc([N+](=O)[O-])c(C)cn1. The number of pyridine rings is 1. The number of anilines is 1. The van der Waals surface area contributed by atoms with Crippen molar-refractivity contribution in [3.63, 3.8) is 0 Å². The molecule has 0 bridgehead atoms. The number of rotatable bonds is 7. The standard InChI is InChI=1S/C13H22N4O2/c1-5-16(6-2)9-11(4)15-13-7-12(17(18)19)10(3)8-14-13/h7-8,11H,5-6,9H2,1-4H3,(H,14,15). The molecule has 0 aromatic carbocycles. The van der Waals surface area contributed by atoms with Crippen LogP contribution in [-0.2, 0) is 0 Å². The van der Waals surface area contributed by atoms with Crippen molar-refractivity contribution in [1.29, 1.82) is 0 Å². The summed E-state index contributed by atoms with van der Waals surface area (Å²) in [4.78, 5) is 17.0. The Bertz CT molecular complexity index is 433. The van der Waals surface area contributed by atoms with Gasteiger partial charge in [0.2, 0.25) is 0 Å². The Morgan fingerprint density at radius 1 is 1.47 bits per heavy atom. The van der Waals surface area contributed by atoms with Crippen LogP contribution in [0.15, 0.2) is 12.3 Å². The van der Waals surface area contributed by atoms with E-state index in [4.69, 9.17) is 0 Å². The molecule has 1 unspecified atom stereocenters. The van der Waals surface area contributed by atoms with E-state index >= 15 is 0 Å². The van der Waals surface area contributed by atoms with Gasteiger partial charge in [-0.1, -0.05) is 13.8 Å². The predicted octanol–water partition coefficient (Wildman–Crippen LogP) is 2.44. The van der Waals surface area contributed by atoms with E-state index in [0.717, 1.165) is 19.6 Å². The molecule has 0 saturated heterocycles. The van der Waals surface area contributed by atoms with Crippen LogP contribution in [0.1, 0.15) is 26.3 Å². The van der Waals surface area contributed by atoms with Crippen molar-refractivity contribution in [3.8, 4) is 0 Å². The van der Waals surface area contributed by atoms with Gasteiger partial charge in [0.05, 0.1) is 11.0 Å². The van der Waals surface area contributed by atoms with E-state index in [1.165, 1.54) is 12.3 Å². The minimum atomic E-state index is -0.378. The number of hydrogen-bond donors (Lipinski definition) is 1. The quantitative estimate of drug-likeness (QED) is 0.606. The van der Waals surface area contributed by atoms with Crippen LogP contribution in [-0.4, -0.2) is 40.5 Å². The predicted molar refractivity (Wildman–Crippen MR) is 76.5 cm³/mol. The maximum Gasteiger partial charge on any atom is 0.277 e. The van der Waals surface area contributed by atoms with Crippen LogP contribution in [0.2, 0.25) is 0 Å². The Morgan fingerprint density at radius 2 is 2.11 bits per heavy atom. The molecule has 1 rings (SSSR count). The molecule has 106 valence electrons. The van der Waals surface area contributed by atoms with Crippen LogP contribution in [0.3, 0.4) is 0 Å². The van der Waals surface area contributed by atoms with Crippen molar-refractivity contribution in [2.24, 2.45) is 0 Å². The average Bonchev–Trinajstić information content (AvgIpc) is 2.37. The number of likely N-dealkylation sites (N-methyl/N-ethyl adjacent to an activating group) is 1. The highest BCUT2D eigenvalue weighted by Gasteiger charge is 2.14. The van der Waals surface area contributed by atoms with Gasteiger partial charge in [-0.05, 0) is 26.9 Å². The van der Waals surface area contributed by atoms with Crippen LogP contribution < -0.4 is 5.32 Å². The Balaban J connectivity index is 2.71. The van der Waals surface area contributed by atoms with Gasteiger partial charge in [-0.15, -0.1) is 0 Å². The lowest BCUT2D eigenvalue weighted by Gasteiger charge is -2.23. The first-order chi connectivity index (χ1) is 8.97. The lowest BCUT2D eigenvalue weighted by molar-refractivity contribution is -0.385. The third-order valence-electron chi connectivity index (χ3n) is 3.09. The molecule has 1 aromatic rings. The maximum absolute atomic E-state index is 10.9. The maximum atomic E-state index is 10.9. The Labute approximate surface area is 114 Å². The first-order valence-electron chi connectivity index (χ1n) is 6.57. The third kappa shape index (κ3) is 4.48. The fourth-order valence-electron chi connectivity index (χ4n) is 1.96. The second kappa shape index (κ2) is 7.04. The molecule has 19 heavy (non-hydrogen) atoms. The zero-order chi connectivity index (χ0) is 14.4. The second-order valence-electron chi connectivity index (χ2n) is 4.64. The van der Waals surface area contributed by atoms with Crippen LogP contribution in [0, 0.1) is 17.0 Å². The molecule has 0 saturated carbocycles. The van der Waals surface area contributed by atoms with Crippen molar-refractivity contribution in [2.45, 2.75) is 33.7 Å². The van der Waals surface area contributed by atoms with E-state index in [1.807, 2.05) is 6.92 Å². The van der Waals surface area contributed by atoms with Crippen molar-refractivity contribution in [2.75, 3.05) is 25.0 Å². The summed E-state index contributed by atoms with van der Waals surface area (Å²) in [5.41, 5.74) is 0.680. The fraction of sp³-hybridized carbons (Fsp3) is 0.615. The number of aryl methyl sites for hydroxylation is 1. The molecule has 0 fully saturated rings. The van der Waals surface area contributed by atoms with Crippen LogP contribution in [0.4, 0.5) is 11.5 Å². The van der Waals surface area contributed by atoms with Gasteiger partial charge in [0, 0.05) is 24.3 Å². The summed E-state index contributed by atoms with van der Waals surface area (Å²) < 4.78 is 0. The largest absolute Gasteiger partial charge is 0.366 e. The number of nitrogens with one attached hydrogen (secondary N) is 1. The zero-order valence-corrected chi connectivity index (χ0v) is 12.0. The molecule has 6 nitrogen and oxygen atoms in total. The van der Waals surface area contributed by atoms with Gasteiger partial charge in [-0.3, -0.25) is 10.1 Å². The summed E-state index contributed by atoms with van der Waals surface area (Å²) in [5.74, 6) is 0.553. The van der Waals surface area contributed by atoms with E-state index < -0.39 is 0 Å². The molecular weight excluding hydrogens is 244 g/mol. The van der Waals surface area contributed by atoms with Crippen LogP contribution in [0.5, 0.6) is 0 Å². The molecule has 1 atom stereocenters. The molecule has 0 amide bonds. The summed E-state index contributed by atoms with van der Waals surface area (Å²) in [6.07, 6.45) is 1.53. The van der Waals surface area contributed by atoms with Gasteiger partial charge in [-0.25, -0.2) is 4.98 Å². The lowest BCUT2D eigenvalue weighted by Crippen LogP contribution is -2.34. The molecule has 1 heterocycles. The molecule has 6 heteroatoms. The summed E-state index contributed by atoms with van der Waals surface area (Å²) in [7, 11) is 0. The van der Waals surface area contributed by atoms with E-state index in [0.29, 0.717) is 11.4 Å². The first kappa shape index (κ1) is 15.4. The Kier molecular flexibility index (Phi) is 5.69. The van der Waals surface area contributed by atoms with Crippen molar-refractivity contribution < 1.29 is 4.92 Å². The molecule has 1 aromatic heterocycles. The Morgan fingerprint density at radius 3 is 2.63 bits per heavy atom. The number of aromatic nitrogens is 1.